The van der Waals surface area contributed by atoms with E-state index in [1.165, 1.54) is 11.3 Å². The minimum atomic E-state index is -0.0137. The molecule has 0 spiro atoms. The van der Waals surface area contributed by atoms with Crippen molar-refractivity contribution in [3.63, 3.8) is 0 Å². The molecule has 1 fully saturated rings. The molecule has 3 aromatic rings. The van der Waals surface area contributed by atoms with Crippen molar-refractivity contribution in [2.24, 2.45) is 0 Å². The molecule has 162 valence electrons. The van der Waals surface area contributed by atoms with E-state index in [4.69, 9.17) is 4.98 Å². The Morgan fingerprint density at radius 1 is 1.26 bits per heavy atom. The number of nitrogens with one attached hydrogen (secondary N) is 2. The number of carbonyl (C=O) groups is 1. The highest BCUT2D eigenvalue weighted by Crippen LogP contribution is 2.29. The Balaban J connectivity index is 1.42. The first-order valence-electron chi connectivity index (χ1n) is 10.6. The van der Waals surface area contributed by atoms with E-state index in [-0.39, 0.29) is 5.91 Å². The fourth-order valence-corrected chi connectivity index (χ4v) is 4.62. The fraction of sp³-hybridized carbons (Fsp3) is 0.391. The van der Waals surface area contributed by atoms with E-state index < -0.39 is 0 Å². The number of rotatable bonds is 6. The molecule has 0 radical (unpaired) electrons. The number of pyridine rings is 2. The molecule has 0 saturated carbocycles. The lowest BCUT2D eigenvalue weighted by atomic mass is 9.93. The lowest BCUT2D eigenvalue weighted by Gasteiger charge is -2.32. The molecule has 1 aliphatic heterocycles. The highest BCUT2D eigenvalue weighted by atomic mass is 32.1. The maximum atomic E-state index is 12.5. The van der Waals surface area contributed by atoms with Crippen molar-refractivity contribution in [3.8, 4) is 0 Å². The fourth-order valence-electron chi connectivity index (χ4n) is 3.94. The summed E-state index contributed by atoms with van der Waals surface area (Å²) in [5, 5.41) is 7.00. The molecule has 3 aromatic heterocycles. The zero-order chi connectivity index (χ0) is 21.8. The second-order valence-corrected chi connectivity index (χ2v) is 9.35. The zero-order valence-electron chi connectivity index (χ0n) is 18.2. The highest BCUT2D eigenvalue weighted by Gasteiger charge is 2.24. The van der Waals surface area contributed by atoms with Crippen LogP contribution in [0.15, 0.2) is 36.7 Å². The van der Waals surface area contributed by atoms with E-state index in [0.29, 0.717) is 17.6 Å². The monoisotopic (exact) mass is 436 g/mol. The first-order valence-corrected chi connectivity index (χ1v) is 11.4. The number of hydrogen-bond acceptors (Lipinski definition) is 7. The van der Waals surface area contributed by atoms with Gasteiger partial charge in [0.05, 0.1) is 6.54 Å². The van der Waals surface area contributed by atoms with E-state index in [9.17, 15) is 4.79 Å². The number of aryl methyl sites for hydroxylation is 3. The van der Waals surface area contributed by atoms with Crippen molar-refractivity contribution in [2.75, 3.05) is 30.3 Å². The lowest BCUT2D eigenvalue weighted by molar-refractivity contribution is -0.117. The standard InChI is InChI=1S/C23H28N6OS/c1-15-6-4-8-24-22(15)27-19-10-16(2)26-20(11-19)18-7-5-9-29(13-18)14-21(30)28-23-25-12-17(3)31-23/h4,6,8,10-12,18H,5,7,9,13-14H2,1-3H3,(H,24,26,27)(H,25,28,30). The van der Waals surface area contributed by atoms with E-state index in [0.717, 1.165) is 59.3 Å². The van der Waals surface area contributed by atoms with Gasteiger partial charge in [0.15, 0.2) is 5.13 Å². The van der Waals surface area contributed by atoms with E-state index >= 15 is 0 Å². The minimum absolute atomic E-state index is 0.0137. The van der Waals surface area contributed by atoms with Gasteiger partial charge in [-0.2, -0.15) is 0 Å². The predicted octanol–water partition coefficient (Wildman–Crippen LogP) is 4.42. The van der Waals surface area contributed by atoms with Crippen LogP contribution in [-0.4, -0.2) is 45.4 Å². The van der Waals surface area contributed by atoms with Crippen LogP contribution < -0.4 is 10.6 Å². The van der Waals surface area contributed by atoms with Crippen LogP contribution in [0.3, 0.4) is 0 Å². The molecule has 4 rings (SSSR count). The van der Waals surface area contributed by atoms with Gasteiger partial charge in [-0.3, -0.25) is 14.7 Å². The Bertz CT molecular complexity index is 1070. The number of piperidine rings is 1. The molecular weight excluding hydrogens is 408 g/mol. The van der Waals surface area contributed by atoms with Crippen molar-refractivity contribution in [1.29, 1.82) is 0 Å². The molecule has 1 atom stereocenters. The molecule has 4 heterocycles. The van der Waals surface area contributed by atoms with Gasteiger partial charge in [0, 0.05) is 46.8 Å². The average molecular weight is 437 g/mol. The second-order valence-electron chi connectivity index (χ2n) is 8.11. The first kappa shape index (κ1) is 21.4. The summed E-state index contributed by atoms with van der Waals surface area (Å²) in [6.45, 7) is 8.16. The van der Waals surface area contributed by atoms with Crippen LogP contribution in [0.25, 0.3) is 0 Å². The van der Waals surface area contributed by atoms with Gasteiger partial charge in [0.25, 0.3) is 0 Å². The van der Waals surface area contributed by atoms with Gasteiger partial charge < -0.3 is 10.6 Å². The predicted molar refractivity (Wildman–Crippen MR) is 125 cm³/mol. The lowest BCUT2D eigenvalue weighted by Crippen LogP contribution is -2.40. The topological polar surface area (TPSA) is 83.0 Å². The van der Waals surface area contributed by atoms with E-state index in [2.05, 4.69) is 31.6 Å². The molecule has 8 heteroatoms. The summed E-state index contributed by atoms with van der Waals surface area (Å²) in [7, 11) is 0. The van der Waals surface area contributed by atoms with Crippen LogP contribution >= 0.6 is 11.3 Å². The third kappa shape index (κ3) is 5.65. The van der Waals surface area contributed by atoms with Gasteiger partial charge in [0.1, 0.15) is 5.82 Å². The van der Waals surface area contributed by atoms with Crippen molar-refractivity contribution >= 4 is 33.9 Å². The van der Waals surface area contributed by atoms with Crippen LogP contribution in [0.2, 0.25) is 0 Å². The Hall–Kier alpha value is -2.84. The Labute approximate surface area is 187 Å². The van der Waals surface area contributed by atoms with Gasteiger partial charge in [-0.05, 0) is 63.9 Å². The molecular formula is C23H28N6OS. The Morgan fingerprint density at radius 2 is 2.13 bits per heavy atom. The summed E-state index contributed by atoms with van der Waals surface area (Å²) in [6.07, 6.45) is 5.69. The molecule has 0 aliphatic carbocycles. The molecule has 7 nitrogen and oxygen atoms in total. The normalized spacial score (nSPS) is 16.8. The molecule has 2 N–H and O–H groups in total. The second kappa shape index (κ2) is 9.53. The van der Waals surface area contributed by atoms with Gasteiger partial charge in [-0.1, -0.05) is 6.07 Å². The molecule has 0 aromatic carbocycles. The van der Waals surface area contributed by atoms with Crippen LogP contribution in [0.1, 0.15) is 40.6 Å². The highest BCUT2D eigenvalue weighted by molar-refractivity contribution is 7.15. The summed E-state index contributed by atoms with van der Waals surface area (Å²) >= 11 is 1.50. The van der Waals surface area contributed by atoms with Crippen molar-refractivity contribution in [2.45, 2.75) is 39.5 Å². The summed E-state index contributed by atoms with van der Waals surface area (Å²) in [6, 6.07) is 8.14. The quantitative estimate of drug-likeness (QED) is 0.595. The molecule has 31 heavy (non-hydrogen) atoms. The number of thiazole rings is 1. The number of amides is 1. The van der Waals surface area contributed by atoms with E-state index in [1.54, 1.807) is 12.4 Å². The maximum absolute atomic E-state index is 12.5. The molecule has 1 amide bonds. The Kier molecular flexibility index (Phi) is 6.58. The van der Waals surface area contributed by atoms with Crippen LogP contribution in [-0.2, 0) is 4.79 Å². The third-order valence-electron chi connectivity index (χ3n) is 5.40. The van der Waals surface area contributed by atoms with Crippen LogP contribution in [0.5, 0.6) is 0 Å². The van der Waals surface area contributed by atoms with Crippen molar-refractivity contribution in [1.82, 2.24) is 19.9 Å². The number of aromatic nitrogens is 3. The first-order chi connectivity index (χ1) is 15.0. The minimum Gasteiger partial charge on any atom is -0.340 e. The number of likely N-dealkylation sites (tertiary alicyclic amines) is 1. The summed E-state index contributed by atoms with van der Waals surface area (Å²) in [4.78, 5) is 29.2. The number of carbonyl (C=O) groups excluding carboxylic acids is 1. The summed E-state index contributed by atoms with van der Waals surface area (Å²) in [5.41, 5.74) is 4.14. The van der Waals surface area contributed by atoms with Crippen molar-refractivity contribution < 1.29 is 4.79 Å². The number of hydrogen-bond donors (Lipinski definition) is 2. The number of nitrogens with zero attached hydrogens (tertiary/aromatic N) is 4. The number of anilines is 3. The summed E-state index contributed by atoms with van der Waals surface area (Å²) in [5.74, 6) is 1.15. The molecule has 1 saturated heterocycles. The van der Waals surface area contributed by atoms with Crippen LogP contribution in [0.4, 0.5) is 16.6 Å². The zero-order valence-corrected chi connectivity index (χ0v) is 19.0. The van der Waals surface area contributed by atoms with Gasteiger partial charge in [0.2, 0.25) is 5.91 Å². The Morgan fingerprint density at radius 3 is 2.90 bits per heavy atom. The smallest absolute Gasteiger partial charge is 0.240 e. The van der Waals surface area contributed by atoms with E-state index in [1.807, 2.05) is 39.0 Å². The van der Waals surface area contributed by atoms with Gasteiger partial charge in [-0.25, -0.2) is 9.97 Å². The largest absolute Gasteiger partial charge is 0.340 e. The van der Waals surface area contributed by atoms with Crippen molar-refractivity contribution in [3.05, 3.63) is 58.5 Å². The SMILES string of the molecule is Cc1cc(Nc2ncccc2C)cc(C2CCCN(CC(=O)Nc3ncc(C)s3)C2)n1. The summed E-state index contributed by atoms with van der Waals surface area (Å²) < 4.78 is 0. The van der Waals surface area contributed by atoms with Gasteiger partial charge in [-0.15, -0.1) is 11.3 Å². The molecule has 1 unspecified atom stereocenters. The van der Waals surface area contributed by atoms with Crippen LogP contribution in [0, 0.1) is 20.8 Å². The third-order valence-corrected chi connectivity index (χ3v) is 6.23. The average Bonchev–Trinajstić information content (AvgIpc) is 3.14. The molecule has 1 aliphatic rings. The van der Waals surface area contributed by atoms with Gasteiger partial charge >= 0.3 is 0 Å². The molecule has 0 bridgehead atoms. The maximum Gasteiger partial charge on any atom is 0.240 e.